The van der Waals surface area contributed by atoms with Crippen LogP contribution in [-0.2, 0) is 23.9 Å². The summed E-state index contributed by atoms with van der Waals surface area (Å²) in [5.74, 6) is -2.30. The first-order chi connectivity index (χ1) is 13.4. The van der Waals surface area contributed by atoms with E-state index in [2.05, 4.69) is 5.32 Å². The minimum Gasteiger partial charge on any atom is -0.497 e. The Balaban J connectivity index is 1.55. The lowest BCUT2D eigenvalue weighted by molar-refractivity contribution is -0.159. The van der Waals surface area contributed by atoms with Crippen LogP contribution in [0.3, 0.4) is 0 Å². The Bertz CT molecular complexity index is 808. The SMILES string of the molecule is COc1cccc(NC(=O)COC(=O)[C@H](C)N2C(=O)[C@@H]3CC=CC[C@H]3C2=O)c1. The first-order valence-electron chi connectivity index (χ1n) is 9.05. The monoisotopic (exact) mass is 386 g/mol. The standard InChI is InChI=1S/C20H22N2O6/c1-12(22-18(24)15-8-3-4-9-16(15)19(22)25)20(26)28-11-17(23)21-13-6-5-7-14(10-13)27-2/h3-7,10,12,15-16H,8-9,11H2,1-2H3,(H,21,23)/t12-,15+,16+/m0/s1. The maximum absolute atomic E-state index is 12.5. The molecular weight excluding hydrogens is 364 g/mol. The molecule has 1 heterocycles. The highest BCUT2D eigenvalue weighted by Crippen LogP contribution is 2.36. The molecule has 0 spiro atoms. The summed E-state index contributed by atoms with van der Waals surface area (Å²) in [5.41, 5.74) is 0.495. The van der Waals surface area contributed by atoms with Gasteiger partial charge in [-0.3, -0.25) is 19.3 Å². The van der Waals surface area contributed by atoms with Crippen LogP contribution in [0.15, 0.2) is 36.4 Å². The fraction of sp³-hybridized carbons (Fsp3) is 0.400. The van der Waals surface area contributed by atoms with Crippen molar-refractivity contribution in [2.24, 2.45) is 11.8 Å². The molecular formula is C20H22N2O6. The normalized spacial score (nSPS) is 21.9. The number of likely N-dealkylation sites (tertiary alicyclic amines) is 1. The Kier molecular flexibility index (Phi) is 5.77. The third kappa shape index (κ3) is 3.90. The van der Waals surface area contributed by atoms with Gasteiger partial charge in [0.2, 0.25) is 11.8 Å². The number of carbonyl (C=O) groups excluding carboxylic acids is 4. The number of imide groups is 1. The summed E-state index contributed by atoms with van der Waals surface area (Å²) in [7, 11) is 1.51. The van der Waals surface area contributed by atoms with Crippen LogP contribution in [-0.4, -0.2) is 48.3 Å². The molecule has 1 aliphatic carbocycles. The van der Waals surface area contributed by atoms with Gasteiger partial charge in [-0.1, -0.05) is 18.2 Å². The van der Waals surface area contributed by atoms with Gasteiger partial charge in [-0.15, -0.1) is 0 Å². The summed E-state index contributed by atoms with van der Waals surface area (Å²) < 4.78 is 10.1. The summed E-state index contributed by atoms with van der Waals surface area (Å²) in [6.07, 6.45) is 4.75. The molecule has 3 atom stereocenters. The number of fused-ring (bicyclic) bond motifs is 1. The van der Waals surface area contributed by atoms with Crippen LogP contribution in [0.2, 0.25) is 0 Å². The Morgan fingerprint density at radius 2 is 1.82 bits per heavy atom. The fourth-order valence-corrected chi connectivity index (χ4v) is 3.47. The highest BCUT2D eigenvalue weighted by atomic mass is 16.5. The molecule has 3 amide bonds. The quantitative estimate of drug-likeness (QED) is 0.452. The molecule has 1 fully saturated rings. The van der Waals surface area contributed by atoms with Crippen LogP contribution in [0.1, 0.15) is 19.8 Å². The first kappa shape index (κ1) is 19.6. The van der Waals surface area contributed by atoms with Crippen molar-refractivity contribution >= 4 is 29.4 Å². The number of benzene rings is 1. The minimum absolute atomic E-state index is 0.357. The predicted octanol–water partition coefficient (Wildman–Crippen LogP) is 1.52. The van der Waals surface area contributed by atoms with Crippen LogP contribution in [0.4, 0.5) is 5.69 Å². The number of methoxy groups -OCH3 is 1. The Hall–Kier alpha value is -3.16. The number of anilines is 1. The van der Waals surface area contributed by atoms with Gasteiger partial charge >= 0.3 is 5.97 Å². The van der Waals surface area contributed by atoms with Crippen molar-refractivity contribution in [1.82, 2.24) is 4.90 Å². The summed E-state index contributed by atoms with van der Waals surface area (Å²) in [6.45, 7) is 0.911. The molecule has 0 unspecified atom stereocenters. The van der Waals surface area contributed by atoms with E-state index in [0.717, 1.165) is 4.90 Å². The van der Waals surface area contributed by atoms with Gasteiger partial charge in [0.1, 0.15) is 11.8 Å². The fourth-order valence-electron chi connectivity index (χ4n) is 3.47. The number of esters is 1. The van der Waals surface area contributed by atoms with Gasteiger partial charge in [0.15, 0.2) is 6.61 Å². The lowest BCUT2D eigenvalue weighted by Gasteiger charge is -2.21. The molecule has 0 aromatic heterocycles. The molecule has 3 rings (SSSR count). The summed E-state index contributed by atoms with van der Waals surface area (Å²) >= 11 is 0. The number of hydrogen-bond acceptors (Lipinski definition) is 6. The molecule has 1 aromatic rings. The van der Waals surface area contributed by atoms with Crippen molar-refractivity contribution in [3.8, 4) is 5.75 Å². The zero-order valence-electron chi connectivity index (χ0n) is 15.7. The largest absolute Gasteiger partial charge is 0.497 e. The second kappa shape index (κ2) is 8.24. The van der Waals surface area contributed by atoms with E-state index >= 15 is 0 Å². The van der Waals surface area contributed by atoms with Crippen LogP contribution < -0.4 is 10.1 Å². The molecule has 28 heavy (non-hydrogen) atoms. The lowest BCUT2D eigenvalue weighted by atomic mass is 9.85. The molecule has 148 valence electrons. The third-order valence-electron chi connectivity index (χ3n) is 4.97. The number of hydrogen-bond donors (Lipinski definition) is 1. The van der Waals surface area contributed by atoms with Crippen molar-refractivity contribution in [3.05, 3.63) is 36.4 Å². The van der Waals surface area contributed by atoms with Gasteiger partial charge < -0.3 is 14.8 Å². The number of allylic oxidation sites excluding steroid dienone is 2. The maximum atomic E-state index is 12.5. The lowest BCUT2D eigenvalue weighted by Crippen LogP contribution is -2.45. The predicted molar refractivity (Wildman–Crippen MR) is 99.3 cm³/mol. The van der Waals surface area contributed by atoms with Gasteiger partial charge in [-0.05, 0) is 31.9 Å². The second-order valence-electron chi connectivity index (χ2n) is 6.77. The molecule has 1 saturated heterocycles. The highest BCUT2D eigenvalue weighted by molar-refractivity contribution is 6.08. The van der Waals surface area contributed by atoms with E-state index in [4.69, 9.17) is 9.47 Å². The Labute approximate surface area is 162 Å². The van der Waals surface area contributed by atoms with E-state index in [9.17, 15) is 19.2 Å². The van der Waals surface area contributed by atoms with E-state index < -0.39 is 36.4 Å². The minimum atomic E-state index is -1.07. The van der Waals surface area contributed by atoms with E-state index in [-0.39, 0.29) is 11.8 Å². The van der Waals surface area contributed by atoms with E-state index in [0.29, 0.717) is 24.3 Å². The molecule has 0 bridgehead atoms. The van der Waals surface area contributed by atoms with Gasteiger partial charge in [0, 0.05) is 11.8 Å². The molecule has 2 aliphatic rings. The van der Waals surface area contributed by atoms with E-state index in [1.807, 2.05) is 12.2 Å². The van der Waals surface area contributed by atoms with Crippen LogP contribution in [0.5, 0.6) is 5.75 Å². The van der Waals surface area contributed by atoms with Gasteiger partial charge in [-0.2, -0.15) is 0 Å². The van der Waals surface area contributed by atoms with Crippen LogP contribution in [0, 0.1) is 11.8 Å². The summed E-state index contributed by atoms with van der Waals surface area (Å²) in [5, 5.41) is 2.59. The van der Waals surface area contributed by atoms with Crippen LogP contribution in [0.25, 0.3) is 0 Å². The number of rotatable bonds is 6. The third-order valence-corrected chi connectivity index (χ3v) is 4.97. The van der Waals surface area contributed by atoms with Crippen molar-refractivity contribution in [3.63, 3.8) is 0 Å². The molecule has 8 heteroatoms. The maximum Gasteiger partial charge on any atom is 0.329 e. The van der Waals surface area contributed by atoms with E-state index in [1.165, 1.54) is 14.0 Å². The average Bonchev–Trinajstić information content (AvgIpc) is 2.96. The van der Waals surface area contributed by atoms with Gasteiger partial charge in [-0.25, -0.2) is 4.79 Å². The molecule has 1 aliphatic heterocycles. The summed E-state index contributed by atoms with van der Waals surface area (Å²) in [6, 6.07) is 5.66. The topological polar surface area (TPSA) is 102 Å². The van der Waals surface area contributed by atoms with Crippen LogP contribution >= 0.6 is 0 Å². The number of nitrogens with zero attached hydrogens (tertiary/aromatic N) is 1. The molecule has 8 nitrogen and oxygen atoms in total. The Morgan fingerprint density at radius 1 is 1.18 bits per heavy atom. The number of carbonyl (C=O) groups is 4. The van der Waals surface area contributed by atoms with Crippen molar-refractivity contribution < 1.29 is 28.7 Å². The summed E-state index contributed by atoms with van der Waals surface area (Å²) in [4.78, 5) is 50.3. The molecule has 0 radical (unpaired) electrons. The smallest absolute Gasteiger partial charge is 0.329 e. The number of nitrogens with one attached hydrogen (secondary N) is 1. The zero-order chi connectivity index (χ0) is 20.3. The zero-order valence-corrected chi connectivity index (χ0v) is 15.7. The van der Waals surface area contributed by atoms with Crippen molar-refractivity contribution in [1.29, 1.82) is 0 Å². The molecule has 0 saturated carbocycles. The number of ether oxygens (including phenoxy) is 2. The highest BCUT2D eigenvalue weighted by Gasteiger charge is 2.50. The second-order valence-corrected chi connectivity index (χ2v) is 6.77. The van der Waals surface area contributed by atoms with Crippen molar-refractivity contribution in [2.75, 3.05) is 19.0 Å². The van der Waals surface area contributed by atoms with Gasteiger partial charge in [0.25, 0.3) is 5.91 Å². The first-order valence-corrected chi connectivity index (χ1v) is 9.05. The average molecular weight is 386 g/mol. The molecule has 1 N–H and O–H groups in total. The van der Waals surface area contributed by atoms with Gasteiger partial charge in [0.05, 0.1) is 18.9 Å². The van der Waals surface area contributed by atoms with E-state index in [1.54, 1.807) is 24.3 Å². The number of amides is 3. The van der Waals surface area contributed by atoms with Crippen molar-refractivity contribution in [2.45, 2.75) is 25.8 Å². The Morgan fingerprint density at radius 3 is 2.43 bits per heavy atom. The molecule has 1 aromatic carbocycles.